The zero-order valence-corrected chi connectivity index (χ0v) is 11.9. The zero-order chi connectivity index (χ0) is 14.7. The minimum atomic E-state index is 0.262. The summed E-state index contributed by atoms with van der Waals surface area (Å²) >= 11 is 0. The van der Waals surface area contributed by atoms with E-state index in [1.54, 1.807) is 10.9 Å². The molecule has 0 spiro atoms. The molecule has 2 aromatic heterocycles. The van der Waals surface area contributed by atoms with Crippen molar-refractivity contribution in [2.75, 3.05) is 19.0 Å². The minimum absolute atomic E-state index is 0.262. The maximum Gasteiger partial charge on any atom is 0.322 e. The molecule has 108 valence electrons. The van der Waals surface area contributed by atoms with Crippen molar-refractivity contribution in [1.29, 1.82) is 0 Å². The van der Waals surface area contributed by atoms with Crippen LogP contribution in [0.1, 0.15) is 13.3 Å². The van der Waals surface area contributed by atoms with E-state index < -0.39 is 0 Å². The second kappa shape index (κ2) is 5.74. The maximum absolute atomic E-state index is 5.14. The lowest BCUT2D eigenvalue weighted by Crippen LogP contribution is -2.11. The molecule has 0 aliphatic heterocycles. The molecule has 0 aliphatic rings. The van der Waals surface area contributed by atoms with E-state index in [0.29, 0.717) is 11.9 Å². The number of para-hydroxylation sites is 1. The highest BCUT2D eigenvalue weighted by Crippen LogP contribution is 2.17. The van der Waals surface area contributed by atoms with Crippen LogP contribution in [-0.4, -0.2) is 38.4 Å². The van der Waals surface area contributed by atoms with Crippen LogP contribution < -0.4 is 10.1 Å². The first kappa shape index (κ1) is 13.3. The van der Waals surface area contributed by atoms with Crippen LogP contribution in [0.3, 0.4) is 0 Å². The van der Waals surface area contributed by atoms with Gasteiger partial charge in [-0.1, -0.05) is 25.1 Å². The number of methoxy groups -OCH3 is 1. The Bertz CT molecular complexity index is 754. The van der Waals surface area contributed by atoms with Gasteiger partial charge in [0.15, 0.2) is 0 Å². The molecule has 7 nitrogen and oxygen atoms in total. The normalized spacial score (nSPS) is 10.8. The standard InChI is InChI=1S/C14H16N6O/c1-3-8-15-12-17-13(19-14(18-12)21-2)20-11-7-5-4-6-10(11)9-16-20/h4-7,9H,3,8H2,1-2H3,(H,15,17,18,19). The van der Waals surface area contributed by atoms with E-state index in [4.69, 9.17) is 4.74 Å². The summed E-state index contributed by atoms with van der Waals surface area (Å²) in [5, 5.41) is 8.51. The van der Waals surface area contributed by atoms with Crippen molar-refractivity contribution in [3.8, 4) is 12.0 Å². The van der Waals surface area contributed by atoms with Crippen LogP contribution in [0.15, 0.2) is 30.5 Å². The number of hydrogen-bond donors (Lipinski definition) is 1. The number of hydrogen-bond acceptors (Lipinski definition) is 6. The third-order valence-corrected chi connectivity index (χ3v) is 2.99. The van der Waals surface area contributed by atoms with E-state index >= 15 is 0 Å². The van der Waals surface area contributed by atoms with Crippen LogP contribution in [0.4, 0.5) is 5.95 Å². The summed E-state index contributed by atoms with van der Waals surface area (Å²) in [7, 11) is 1.53. The summed E-state index contributed by atoms with van der Waals surface area (Å²) in [5.41, 5.74) is 0.937. The summed E-state index contributed by atoms with van der Waals surface area (Å²) in [5.74, 6) is 0.917. The Morgan fingerprint density at radius 3 is 2.86 bits per heavy atom. The molecule has 21 heavy (non-hydrogen) atoms. The molecule has 2 heterocycles. The van der Waals surface area contributed by atoms with Gasteiger partial charge in [-0.05, 0) is 12.5 Å². The first-order chi connectivity index (χ1) is 10.3. The Morgan fingerprint density at radius 1 is 1.19 bits per heavy atom. The molecular weight excluding hydrogens is 268 g/mol. The molecule has 3 rings (SSSR count). The van der Waals surface area contributed by atoms with Gasteiger partial charge < -0.3 is 10.1 Å². The highest BCUT2D eigenvalue weighted by Gasteiger charge is 2.11. The van der Waals surface area contributed by atoms with Crippen molar-refractivity contribution in [2.24, 2.45) is 0 Å². The fourth-order valence-electron chi connectivity index (χ4n) is 1.98. The first-order valence-corrected chi connectivity index (χ1v) is 6.79. The van der Waals surface area contributed by atoms with Gasteiger partial charge in [0.05, 0.1) is 18.8 Å². The van der Waals surface area contributed by atoms with Gasteiger partial charge in [-0.2, -0.15) is 24.7 Å². The van der Waals surface area contributed by atoms with Crippen molar-refractivity contribution in [3.05, 3.63) is 30.5 Å². The van der Waals surface area contributed by atoms with Crippen LogP contribution in [0.2, 0.25) is 0 Å². The third-order valence-electron chi connectivity index (χ3n) is 2.99. The number of nitrogens with one attached hydrogen (secondary N) is 1. The Morgan fingerprint density at radius 2 is 2.05 bits per heavy atom. The number of aromatic nitrogens is 5. The van der Waals surface area contributed by atoms with E-state index in [1.807, 2.05) is 24.3 Å². The van der Waals surface area contributed by atoms with Gasteiger partial charge >= 0.3 is 6.01 Å². The highest BCUT2D eigenvalue weighted by atomic mass is 16.5. The van der Waals surface area contributed by atoms with Crippen molar-refractivity contribution < 1.29 is 4.74 Å². The molecule has 3 aromatic rings. The van der Waals surface area contributed by atoms with Gasteiger partial charge in [-0.15, -0.1) is 0 Å². The summed E-state index contributed by atoms with van der Waals surface area (Å²) in [6.45, 7) is 2.86. The predicted octanol–water partition coefficient (Wildman–Crippen LogP) is 2.04. The van der Waals surface area contributed by atoms with E-state index in [9.17, 15) is 0 Å². The molecule has 1 aromatic carbocycles. The molecule has 7 heteroatoms. The summed E-state index contributed by atoms with van der Waals surface area (Å²) in [6, 6.07) is 8.15. The molecule has 0 aliphatic carbocycles. The smallest absolute Gasteiger partial charge is 0.322 e. The summed E-state index contributed by atoms with van der Waals surface area (Å²) in [4.78, 5) is 12.8. The van der Waals surface area contributed by atoms with Gasteiger partial charge in [-0.25, -0.2) is 0 Å². The molecule has 0 saturated carbocycles. The third kappa shape index (κ3) is 2.62. The maximum atomic E-state index is 5.14. The van der Waals surface area contributed by atoms with Crippen molar-refractivity contribution in [2.45, 2.75) is 13.3 Å². The largest absolute Gasteiger partial charge is 0.467 e. The van der Waals surface area contributed by atoms with Gasteiger partial charge in [0.1, 0.15) is 0 Å². The van der Waals surface area contributed by atoms with E-state index in [1.165, 1.54) is 7.11 Å². The summed E-state index contributed by atoms with van der Waals surface area (Å²) < 4.78 is 6.82. The number of fused-ring (bicyclic) bond motifs is 1. The molecule has 0 fully saturated rings. The van der Waals surface area contributed by atoms with E-state index in [-0.39, 0.29) is 6.01 Å². The van der Waals surface area contributed by atoms with Crippen LogP contribution in [0.5, 0.6) is 6.01 Å². The Hall–Kier alpha value is -2.70. The monoisotopic (exact) mass is 284 g/mol. The average molecular weight is 284 g/mol. The molecular formula is C14H16N6O. The molecule has 0 amide bonds. The SMILES string of the molecule is CCCNc1nc(OC)nc(-n2ncc3ccccc32)n1. The molecule has 0 unspecified atom stereocenters. The second-order valence-corrected chi connectivity index (χ2v) is 4.49. The molecule has 1 N–H and O–H groups in total. The van der Waals surface area contributed by atoms with Gasteiger partial charge in [0.25, 0.3) is 5.95 Å². The predicted molar refractivity (Wildman–Crippen MR) is 79.8 cm³/mol. The van der Waals surface area contributed by atoms with Crippen LogP contribution >= 0.6 is 0 Å². The van der Waals surface area contributed by atoms with Crippen LogP contribution in [0.25, 0.3) is 16.9 Å². The lowest BCUT2D eigenvalue weighted by atomic mass is 10.3. The van der Waals surface area contributed by atoms with Crippen molar-refractivity contribution >= 4 is 16.9 Å². The lowest BCUT2D eigenvalue weighted by Gasteiger charge is -2.07. The number of rotatable bonds is 5. The van der Waals surface area contributed by atoms with Crippen molar-refractivity contribution in [1.82, 2.24) is 24.7 Å². The molecule has 0 atom stereocenters. The van der Waals surface area contributed by atoms with Gasteiger partial charge in [0, 0.05) is 11.9 Å². The Balaban J connectivity index is 2.08. The fourth-order valence-corrected chi connectivity index (χ4v) is 1.98. The molecule has 0 radical (unpaired) electrons. The van der Waals surface area contributed by atoms with Gasteiger partial charge in [-0.3, -0.25) is 0 Å². The summed E-state index contributed by atoms with van der Waals surface area (Å²) in [6.07, 6.45) is 2.76. The van der Waals surface area contributed by atoms with Crippen LogP contribution in [-0.2, 0) is 0 Å². The topological polar surface area (TPSA) is 77.8 Å². The van der Waals surface area contributed by atoms with E-state index in [0.717, 1.165) is 23.9 Å². The fraction of sp³-hybridized carbons (Fsp3) is 0.286. The number of benzene rings is 1. The van der Waals surface area contributed by atoms with Gasteiger partial charge in [0.2, 0.25) is 5.95 Å². The molecule has 0 bridgehead atoms. The molecule has 0 saturated heterocycles. The quantitative estimate of drug-likeness (QED) is 0.772. The Kier molecular flexibility index (Phi) is 3.63. The minimum Gasteiger partial charge on any atom is -0.467 e. The second-order valence-electron chi connectivity index (χ2n) is 4.49. The van der Waals surface area contributed by atoms with E-state index in [2.05, 4.69) is 32.3 Å². The first-order valence-electron chi connectivity index (χ1n) is 6.79. The zero-order valence-electron chi connectivity index (χ0n) is 11.9. The lowest BCUT2D eigenvalue weighted by molar-refractivity contribution is 0.377. The average Bonchev–Trinajstić information content (AvgIpc) is 2.96. The highest BCUT2D eigenvalue weighted by molar-refractivity contribution is 5.79. The van der Waals surface area contributed by atoms with Crippen molar-refractivity contribution in [3.63, 3.8) is 0 Å². The van der Waals surface area contributed by atoms with Crippen LogP contribution in [0, 0.1) is 0 Å². The number of anilines is 1. The Labute approximate surface area is 122 Å². The number of ether oxygens (including phenoxy) is 1. The number of nitrogens with zero attached hydrogens (tertiary/aromatic N) is 5.